The minimum atomic E-state index is -1.33. The Morgan fingerprint density at radius 3 is 1.55 bits per heavy atom. The van der Waals surface area contributed by atoms with Crippen molar-refractivity contribution in [3.8, 4) is 0 Å². The average Bonchev–Trinajstić information content (AvgIpc) is 3.14. The summed E-state index contributed by atoms with van der Waals surface area (Å²) in [6.07, 6.45) is 6.25. The summed E-state index contributed by atoms with van der Waals surface area (Å²) in [6, 6.07) is 12.4. The van der Waals surface area contributed by atoms with Gasteiger partial charge in [0, 0.05) is 31.7 Å². The molecule has 13 nitrogen and oxygen atoms in total. The summed E-state index contributed by atoms with van der Waals surface area (Å²) in [6.45, 7) is 17.4. The minimum absolute atomic E-state index is 0.172. The number of hydrogen-bond acceptors (Lipinski definition) is 14. The molecule has 2 N–H and O–H groups in total. The molecule has 4 rings (SSSR count). The lowest BCUT2D eigenvalue weighted by Crippen LogP contribution is -2.14. The number of aryl methyl sites for hydroxylation is 4. The fourth-order valence-electron chi connectivity index (χ4n) is 4.15. The molecule has 0 radical (unpaired) electrons. The smallest absolute Gasteiger partial charge is 0.343 e. The molecule has 15 heteroatoms. The van der Waals surface area contributed by atoms with Gasteiger partial charge in [-0.1, -0.05) is 48.2 Å². The van der Waals surface area contributed by atoms with E-state index in [9.17, 15) is 13.8 Å². The molecule has 51 heavy (non-hydrogen) atoms. The molecule has 2 aromatic heterocycles. The molecule has 2 aromatic carbocycles. The highest BCUT2D eigenvalue weighted by molar-refractivity contribution is 7.98. The van der Waals surface area contributed by atoms with Crippen LogP contribution in [0.4, 0.5) is 11.6 Å². The van der Waals surface area contributed by atoms with Gasteiger partial charge in [-0.15, -0.1) is 0 Å². The largest absolute Gasteiger partial charge is 0.462 e. The van der Waals surface area contributed by atoms with Gasteiger partial charge in [-0.25, -0.2) is 29.5 Å². The van der Waals surface area contributed by atoms with Crippen molar-refractivity contribution in [1.29, 1.82) is 0 Å². The summed E-state index contributed by atoms with van der Waals surface area (Å²) in [5.41, 5.74) is 7.69. The summed E-state index contributed by atoms with van der Waals surface area (Å²) in [4.78, 5) is 56.8. The fraction of sp³-hybridized carbons (Fsp3) is 0.333. The van der Waals surface area contributed by atoms with Gasteiger partial charge in [0.05, 0.1) is 24.0 Å². The van der Waals surface area contributed by atoms with E-state index < -0.39 is 22.7 Å². The molecule has 4 aromatic rings. The molecule has 0 aliphatic rings. The monoisotopic (exact) mass is 738 g/mol. The number of hydrogen-bond donors (Lipinski definition) is 2. The van der Waals surface area contributed by atoms with Crippen LogP contribution in [-0.4, -0.2) is 75.4 Å². The van der Waals surface area contributed by atoms with Crippen molar-refractivity contribution < 1.29 is 32.9 Å². The molecule has 0 amide bonds. The van der Waals surface area contributed by atoms with Crippen LogP contribution in [0.15, 0.2) is 59.1 Å². The third-order valence-corrected chi connectivity index (χ3v) is 8.30. The van der Waals surface area contributed by atoms with E-state index in [4.69, 9.17) is 19.1 Å². The summed E-state index contributed by atoms with van der Waals surface area (Å²) in [5.74, 6) is -0.0934. The second-order valence-electron chi connectivity index (χ2n) is 10.5. The Balaban J connectivity index is 0.000000465. The van der Waals surface area contributed by atoms with Gasteiger partial charge in [0.2, 0.25) is 5.16 Å². The Hall–Kier alpha value is -5.02. The molecule has 1 unspecified atom stereocenters. The molecule has 0 aliphatic heterocycles. The Morgan fingerprint density at radius 2 is 1.16 bits per heavy atom. The topological polar surface area (TPSA) is 179 Å². The van der Waals surface area contributed by atoms with Gasteiger partial charge < -0.3 is 29.7 Å². The SMILES string of the molecule is C=O.C=O.CCOC(=O)c1cnc(S(C)=O)nc1NCc1ccc(C)c(C)c1.CCOC(=O)c1cnc(SC)nc1NCc1ccc(C)c(C)c1. The molecule has 2 heterocycles. The van der Waals surface area contributed by atoms with Crippen LogP contribution in [0.25, 0.3) is 0 Å². The average molecular weight is 739 g/mol. The highest BCUT2D eigenvalue weighted by Gasteiger charge is 2.18. The Labute approximate surface area is 306 Å². The highest BCUT2D eigenvalue weighted by Crippen LogP contribution is 2.20. The van der Waals surface area contributed by atoms with Crippen molar-refractivity contribution in [1.82, 2.24) is 19.9 Å². The van der Waals surface area contributed by atoms with E-state index >= 15 is 0 Å². The van der Waals surface area contributed by atoms with Crippen molar-refractivity contribution in [2.24, 2.45) is 0 Å². The lowest BCUT2D eigenvalue weighted by molar-refractivity contribution is -0.0987. The van der Waals surface area contributed by atoms with Crippen LogP contribution < -0.4 is 10.6 Å². The molecule has 1 atom stereocenters. The maximum absolute atomic E-state index is 12.0. The predicted octanol–water partition coefficient (Wildman–Crippen LogP) is 5.85. The summed E-state index contributed by atoms with van der Waals surface area (Å²) >= 11 is 1.43. The summed E-state index contributed by atoms with van der Waals surface area (Å²) < 4.78 is 21.7. The van der Waals surface area contributed by atoms with Gasteiger partial charge >= 0.3 is 11.9 Å². The first-order valence-corrected chi connectivity index (χ1v) is 18.4. The van der Waals surface area contributed by atoms with Gasteiger partial charge in [-0.05, 0) is 81.2 Å². The molecular weight excluding hydrogens is 693 g/mol. The summed E-state index contributed by atoms with van der Waals surface area (Å²) in [7, 11) is -1.33. The number of nitrogens with zero attached hydrogens (tertiary/aromatic N) is 4. The molecule has 0 fully saturated rings. The van der Waals surface area contributed by atoms with Gasteiger partial charge in [-0.3, -0.25) is 4.21 Å². The first-order valence-electron chi connectivity index (χ1n) is 15.6. The van der Waals surface area contributed by atoms with Crippen LogP contribution in [-0.2, 0) is 43.0 Å². The zero-order valence-electron chi connectivity index (χ0n) is 30.3. The first kappa shape index (κ1) is 44.0. The Kier molecular flexibility index (Phi) is 20.2. The maximum atomic E-state index is 12.0. The molecule has 0 spiro atoms. The zero-order valence-corrected chi connectivity index (χ0v) is 32.0. The predicted molar refractivity (Wildman–Crippen MR) is 201 cm³/mol. The lowest BCUT2D eigenvalue weighted by Gasteiger charge is -2.12. The molecule has 274 valence electrons. The van der Waals surface area contributed by atoms with Crippen LogP contribution in [0.3, 0.4) is 0 Å². The van der Waals surface area contributed by atoms with Crippen molar-refractivity contribution in [2.75, 3.05) is 36.4 Å². The number of esters is 2. The molecule has 0 saturated heterocycles. The number of rotatable bonds is 12. The van der Waals surface area contributed by atoms with E-state index in [1.165, 1.54) is 52.7 Å². The number of carbonyl (C=O) groups is 4. The van der Waals surface area contributed by atoms with Crippen molar-refractivity contribution in [2.45, 2.75) is 64.9 Å². The van der Waals surface area contributed by atoms with E-state index in [0.29, 0.717) is 42.1 Å². The number of benzene rings is 2. The molecule has 0 aliphatic carbocycles. The number of aromatic nitrogens is 4. The number of anilines is 2. The maximum Gasteiger partial charge on any atom is 0.343 e. The van der Waals surface area contributed by atoms with Crippen LogP contribution in [0.2, 0.25) is 0 Å². The minimum Gasteiger partial charge on any atom is -0.462 e. The van der Waals surface area contributed by atoms with Crippen molar-refractivity contribution >= 4 is 59.7 Å². The molecular formula is C36H46N6O7S2. The normalized spacial score (nSPS) is 10.4. The number of ether oxygens (including phenoxy) is 2. The van der Waals surface area contributed by atoms with E-state index in [1.54, 1.807) is 13.8 Å². The van der Waals surface area contributed by atoms with Gasteiger partial charge in [-0.2, -0.15) is 0 Å². The van der Waals surface area contributed by atoms with Crippen molar-refractivity contribution in [3.63, 3.8) is 0 Å². The highest BCUT2D eigenvalue weighted by atomic mass is 32.2. The Bertz CT molecular complexity index is 1770. The van der Waals surface area contributed by atoms with E-state index in [-0.39, 0.29) is 17.3 Å². The van der Waals surface area contributed by atoms with E-state index in [1.807, 2.05) is 38.9 Å². The lowest BCUT2D eigenvalue weighted by atomic mass is 10.1. The number of thioether (sulfide) groups is 1. The quantitative estimate of drug-likeness (QED) is 0.100. The van der Waals surface area contributed by atoms with Crippen molar-refractivity contribution in [3.05, 3.63) is 93.3 Å². The third kappa shape index (κ3) is 14.0. The van der Waals surface area contributed by atoms with Crippen LogP contribution in [0.5, 0.6) is 0 Å². The zero-order chi connectivity index (χ0) is 38.5. The Morgan fingerprint density at radius 1 is 0.725 bits per heavy atom. The standard InChI is InChI=1S/C17H21N3O3S.C17H21N3O2S.2CH2O/c1-5-23-16(21)14-10-19-17(24(4)22)20-15(14)18-9-13-7-6-11(2)12(3)8-13;1-5-22-16(21)14-10-19-17(23-4)20-15(14)18-9-13-7-6-11(2)12(3)8-13;2*1-2/h6-8,10H,5,9H2,1-4H3,(H,18,19,20);6-8,10H,5,9H2,1-4H3,(H,18,19,20);2*1H2. The van der Waals surface area contributed by atoms with Crippen LogP contribution in [0.1, 0.15) is 67.9 Å². The van der Waals surface area contributed by atoms with Gasteiger partial charge in [0.15, 0.2) is 5.16 Å². The molecule has 0 saturated carbocycles. The van der Waals surface area contributed by atoms with Gasteiger partial charge in [0.1, 0.15) is 36.3 Å². The second kappa shape index (κ2) is 23.4. The third-order valence-electron chi connectivity index (χ3n) is 7.03. The fourth-order valence-corrected chi connectivity index (χ4v) is 4.91. The van der Waals surface area contributed by atoms with E-state index in [2.05, 4.69) is 75.6 Å². The molecule has 0 bridgehead atoms. The first-order chi connectivity index (χ1) is 24.5. The van der Waals surface area contributed by atoms with Gasteiger partial charge in [0.25, 0.3) is 0 Å². The van der Waals surface area contributed by atoms with E-state index in [0.717, 1.165) is 11.1 Å². The number of nitrogens with one attached hydrogen (secondary N) is 2. The number of carbonyl (C=O) groups excluding carboxylic acids is 4. The van der Waals surface area contributed by atoms with Crippen LogP contribution >= 0.6 is 11.8 Å². The summed E-state index contributed by atoms with van der Waals surface area (Å²) in [5, 5.41) is 7.13. The van der Waals surface area contributed by atoms with Crippen LogP contribution in [0, 0.1) is 27.7 Å². The second-order valence-corrected chi connectivity index (χ2v) is 12.5.